The molecule has 0 saturated heterocycles. The van der Waals surface area contributed by atoms with E-state index in [0.717, 1.165) is 0 Å². The summed E-state index contributed by atoms with van der Waals surface area (Å²) in [4.78, 5) is 39.6. The van der Waals surface area contributed by atoms with Crippen molar-refractivity contribution in [3.05, 3.63) is 35.4 Å². The minimum absolute atomic E-state index is 0.0625. The predicted octanol–water partition coefficient (Wildman–Crippen LogP) is 0.313. The fraction of sp³-hybridized carbons (Fsp3) is 0. The topological polar surface area (TPSA) is 86.7 Å². The highest BCUT2D eigenvalue weighted by Gasteiger charge is 2.28. The molecule has 0 N–H and O–H groups in total. The lowest BCUT2D eigenvalue weighted by Gasteiger charge is -1.86. The summed E-state index contributed by atoms with van der Waals surface area (Å²) in [5, 5.41) is 0. The van der Waals surface area contributed by atoms with Gasteiger partial charge in [-0.15, -0.1) is 0 Å². The lowest BCUT2D eigenvalue weighted by molar-refractivity contribution is -0.141. The van der Waals surface area contributed by atoms with Crippen molar-refractivity contribution in [2.75, 3.05) is 0 Å². The molecule has 1 aliphatic rings. The van der Waals surface area contributed by atoms with Gasteiger partial charge in [-0.1, -0.05) is 12.1 Å². The minimum atomic E-state index is -0.550. The summed E-state index contributed by atoms with van der Waals surface area (Å²) < 4.78 is 7.83. The number of esters is 2. The van der Waals surface area contributed by atoms with Gasteiger partial charge in [0.1, 0.15) is 0 Å². The van der Waals surface area contributed by atoms with Crippen molar-refractivity contribution in [3.8, 4) is 0 Å². The van der Waals surface area contributed by atoms with Gasteiger partial charge in [-0.05, 0) is 12.1 Å². The highest BCUT2D eigenvalue weighted by Crippen LogP contribution is 2.18. The minimum Gasteiger partial charge on any atom is -0.398 e. The van der Waals surface area contributed by atoms with E-state index >= 15 is 0 Å². The predicted molar refractivity (Wildman–Crippen MR) is 49.4 cm³/mol. The maximum atomic E-state index is 10.8. The average molecular weight is 222 g/mol. The normalized spacial score (nSPS) is 11.8. The van der Waals surface area contributed by atoms with Crippen molar-refractivity contribution in [2.24, 2.45) is 0 Å². The molecule has 82 valence electrons. The van der Waals surface area contributed by atoms with Crippen LogP contribution in [0.15, 0.2) is 24.3 Å². The first-order chi connectivity index (χ1) is 7.70. The van der Waals surface area contributed by atoms with E-state index < -0.39 is 11.9 Å². The van der Waals surface area contributed by atoms with Crippen LogP contribution in [0.2, 0.25) is 0 Å². The standard InChI is InChI=1S/C8H4O3.C2H2O3/c9-7-5-3-1-2-4-6(5)8(10)11-7;3-1-5-2-4/h1-4H;1-2H. The lowest BCUT2D eigenvalue weighted by Crippen LogP contribution is -1.96. The summed E-state index contributed by atoms with van der Waals surface area (Å²) in [6.45, 7) is 0.125. The maximum Gasteiger partial charge on any atom is 0.346 e. The number of fused-ring (bicyclic) bond motifs is 1. The first-order valence-electron chi connectivity index (χ1n) is 4.09. The summed E-state index contributed by atoms with van der Waals surface area (Å²) in [6.07, 6.45) is 0. The molecule has 16 heavy (non-hydrogen) atoms. The van der Waals surface area contributed by atoms with Crippen molar-refractivity contribution in [2.45, 2.75) is 0 Å². The number of hydrogen-bond acceptors (Lipinski definition) is 6. The number of carbonyl (C=O) groups is 4. The second-order valence-electron chi connectivity index (χ2n) is 2.55. The molecule has 6 heteroatoms. The van der Waals surface area contributed by atoms with Crippen LogP contribution in [-0.4, -0.2) is 24.9 Å². The first-order valence-corrected chi connectivity index (χ1v) is 4.09. The Kier molecular flexibility index (Phi) is 3.90. The van der Waals surface area contributed by atoms with Crippen LogP contribution in [0.3, 0.4) is 0 Å². The van der Waals surface area contributed by atoms with E-state index in [0.29, 0.717) is 11.1 Å². The van der Waals surface area contributed by atoms with E-state index in [9.17, 15) is 9.59 Å². The number of ether oxygens (including phenoxy) is 2. The molecule has 6 nitrogen and oxygen atoms in total. The summed E-state index contributed by atoms with van der Waals surface area (Å²) >= 11 is 0. The van der Waals surface area contributed by atoms with Crippen LogP contribution in [0, 0.1) is 0 Å². The molecular formula is C10H6O6. The van der Waals surface area contributed by atoms with Gasteiger partial charge in [0, 0.05) is 0 Å². The fourth-order valence-corrected chi connectivity index (χ4v) is 1.06. The van der Waals surface area contributed by atoms with Gasteiger partial charge in [-0.3, -0.25) is 9.59 Å². The largest absolute Gasteiger partial charge is 0.398 e. The maximum absolute atomic E-state index is 10.8. The van der Waals surface area contributed by atoms with Crippen molar-refractivity contribution in [1.29, 1.82) is 0 Å². The second kappa shape index (κ2) is 5.40. The molecule has 0 aliphatic carbocycles. The Balaban J connectivity index is 0.000000221. The molecule has 1 heterocycles. The molecule has 1 aromatic rings. The van der Waals surface area contributed by atoms with Crippen molar-refractivity contribution < 1.29 is 28.7 Å². The van der Waals surface area contributed by atoms with Crippen LogP contribution in [-0.2, 0) is 19.1 Å². The van der Waals surface area contributed by atoms with Gasteiger partial charge in [0.15, 0.2) is 0 Å². The smallest absolute Gasteiger partial charge is 0.346 e. The molecule has 1 aromatic carbocycles. The van der Waals surface area contributed by atoms with Crippen LogP contribution in [0.25, 0.3) is 0 Å². The van der Waals surface area contributed by atoms with Crippen molar-refractivity contribution in [3.63, 3.8) is 0 Å². The van der Waals surface area contributed by atoms with Gasteiger partial charge in [-0.2, -0.15) is 0 Å². The molecule has 1 aliphatic heterocycles. The second-order valence-corrected chi connectivity index (χ2v) is 2.55. The molecule has 0 aromatic heterocycles. The average Bonchev–Trinajstić information content (AvgIpc) is 2.58. The molecule has 2 rings (SSSR count). The Morgan fingerprint density at radius 1 is 0.938 bits per heavy atom. The van der Waals surface area contributed by atoms with Crippen LogP contribution >= 0.6 is 0 Å². The molecule has 0 fully saturated rings. The van der Waals surface area contributed by atoms with Gasteiger partial charge in [0.05, 0.1) is 11.1 Å². The van der Waals surface area contributed by atoms with E-state index in [-0.39, 0.29) is 12.9 Å². The number of cyclic esters (lactones) is 2. The highest BCUT2D eigenvalue weighted by atomic mass is 16.6. The third kappa shape index (κ3) is 2.50. The zero-order chi connectivity index (χ0) is 12.0. The number of hydrogen-bond donors (Lipinski definition) is 0. The molecule has 0 bridgehead atoms. The van der Waals surface area contributed by atoms with Crippen LogP contribution in [0.5, 0.6) is 0 Å². The first kappa shape index (κ1) is 11.6. The monoisotopic (exact) mass is 222 g/mol. The van der Waals surface area contributed by atoms with E-state index in [1.54, 1.807) is 24.3 Å². The Morgan fingerprint density at radius 2 is 1.38 bits per heavy atom. The highest BCUT2D eigenvalue weighted by molar-refractivity contribution is 6.14. The lowest BCUT2D eigenvalue weighted by atomic mass is 10.1. The number of benzene rings is 1. The Hall–Kier alpha value is -2.50. The molecule has 0 spiro atoms. The number of carbonyl (C=O) groups excluding carboxylic acids is 4. The quantitative estimate of drug-likeness (QED) is 0.406. The van der Waals surface area contributed by atoms with E-state index in [1.165, 1.54) is 0 Å². The van der Waals surface area contributed by atoms with E-state index in [2.05, 4.69) is 9.47 Å². The Labute approximate surface area is 89.8 Å². The third-order valence-corrected chi connectivity index (χ3v) is 1.66. The molecule has 0 saturated carbocycles. The van der Waals surface area contributed by atoms with E-state index in [1.807, 2.05) is 0 Å². The Bertz CT molecular complexity index is 398. The van der Waals surface area contributed by atoms with Crippen LogP contribution in [0.4, 0.5) is 0 Å². The van der Waals surface area contributed by atoms with E-state index in [4.69, 9.17) is 9.59 Å². The molecule has 0 atom stereocenters. The van der Waals surface area contributed by atoms with Gasteiger partial charge in [0.25, 0.3) is 0 Å². The molecule has 0 radical (unpaired) electrons. The number of rotatable bonds is 2. The molecule has 0 unspecified atom stereocenters. The fourth-order valence-electron chi connectivity index (χ4n) is 1.06. The van der Waals surface area contributed by atoms with Gasteiger partial charge >= 0.3 is 24.9 Å². The summed E-state index contributed by atoms with van der Waals surface area (Å²) in [7, 11) is 0. The third-order valence-electron chi connectivity index (χ3n) is 1.66. The van der Waals surface area contributed by atoms with Gasteiger partial charge in [0.2, 0.25) is 0 Å². The van der Waals surface area contributed by atoms with Gasteiger partial charge in [-0.25, -0.2) is 9.59 Å². The van der Waals surface area contributed by atoms with Crippen LogP contribution in [0.1, 0.15) is 20.7 Å². The zero-order valence-corrected chi connectivity index (χ0v) is 7.91. The zero-order valence-electron chi connectivity index (χ0n) is 7.91. The van der Waals surface area contributed by atoms with Crippen LogP contribution < -0.4 is 0 Å². The molecular weight excluding hydrogens is 216 g/mol. The Morgan fingerprint density at radius 3 is 1.69 bits per heavy atom. The summed E-state index contributed by atoms with van der Waals surface area (Å²) in [5.41, 5.74) is 0.718. The van der Waals surface area contributed by atoms with Crippen molar-refractivity contribution in [1.82, 2.24) is 0 Å². The SMILES string of the molecule is O=C1OC(=O)c2ccccc21.O=COC=O. The van der Waals surface area contributed by atoms with Crippen molar-refractivity contribution >= 4 is 24.9 Å². The molecule has 0 amide bonds. The van der Waals surface area contributed by atoms with Gasteiger partial charge < -0.3 is 9.47 Å². The summed E-state index contributed by atoms with van der Waals surface area (Å²) in [6, 6.07) is 6.53. The summed E-state index contributed by atoms with van der Waals surface area (Å²) in [5.74, 6) is -1.10.